The van der Waals surface area contributed by atoms with Crippen molar-refractivity contribution in [2.24, 2.45) is 56.7 Å². The molecule has 4 saturated carbocycles. The molecule has 0 bridgehead atoms. The predicted octanol–water partition coefficient (Wildman–Crippen LogP) is 8.63. The second kappa shape index (κ2) is 10.1. The molecule has 5 heteroatoms. The lowest BCUT2D eigenvalue weighted by atomic mass is 9.32. The van der Waals surface area contributed by atoms with Crippen LogP contribution >= 0.6 is 0 Å². The zero-order chi connectivity index (χ0) is 31.2. The Balaban J connectivity index is 1.36. The van der Waals surface area contributed by atoms with Gasteiger partial charge in [0.25, 0.3) is 0 Å². The quantitative estimate of drug-likeness (QED) is 0.160. The van der Waals surface area contributed by atoms with Crippen LogP contribution in [0.1, 0.15) is 115 Å². The van der Waals surface area contributed by atoms with Gasteiger partial charge in [-0.1, -0.05) is 65.0 Å². The van der Waals surface area contributed by atoms with Gasteiger partial charge in [0, 0.05) is 0 Å². The molecule has 43 heavy (non-hydrogen) atoms. The Kier molecular flexibility index (Phi) is 7.16. The van der Waals surface area contributed by atoms with E-state index in [4.69, 9.17) is 4.74 Å². The van der Waals surface area contributed by atoms with Crippen LogP contribution in [0.3, 0.4) is 0 Å². The highest BCUT2D eigenvalue weighted by molar-refractivity contribution is 5.90. The molecule has 0 unspecified atom stereocenters. The summed E-state index contributed by atoms with van der Waals surface area (Å²) in [5.74, 6) is 1.78. The first-order valence-corrected chi connectivity index (χ1v) is 16.7. The van der Waals surface area contributed by atoms with E-state index in [1.54, 1.807) is 0 Å². The average molecular weight is 588 g/mol. The molecular weight excluding hydrogens is 534 g/mol. The molecule has 5 aliphatic rings. The minimum atomic E-state index is -0.471. The number of amides is 1. The minimum absolute atomic E-state index is 0.0102. The Morgan fingerprint density at radius 2 is 1.60 bits per heavy atom. The van der Waals surface area contributed by atoms with Crippen LogP contribution in [0.2, 0.25) is 0 Å². The summed E-state index contributed by atoms with van der Waals surface area (Å²) < 4.78 is 4.93. The number of allylic oxidation sites excluding steroid dienone is 3. The Morgan fingerprint density at radius 1 is 0.907 bits per heavy atom. The Morgan fingerprint density at radius 3 is 2.23 bits per heavy atom. The fourth-order valence-corrected chi connectivity index (χ4v) is 12.6. The van der Waals surface area contributed by atoms with E-state index >= 15 is 0 Å². The number of carbonyl (C=O) groups excluding carboxylic acids is 2. The normalized spacial score (nSPS) is 42.8. The van der Waals surface area contributed by atoms with E-state index < -0.39 is 5.41 Å². The molecule has 0 spiro atoms. The summed E-state index contributed by atoms with van der Waals surface area (Å²) in [6.07, 6.45) is 12.1. The molecule has 1 aromatic carbocycles. The van der Waals surface area contributed by atoms with Crippen molar-refractivity contribution in [3.63, 3.8) is 0 Å². The highest BCUT2D eigenvalue weighted by Gasteiger charge is 2.71. The maximum absolute atomic E-state index is 13.4. The third-order valence-corrected chi connectivity index (χ3v) is 14.8. The fraction of sp³-hybridized carbons (Fsp3) is 0.684. The highest BCUT2D eigenvalue weighted by Crippen LogP contribution is 2.77. The van der Waals surface area contributed by atoms with Crippen molar-refractivity contribution < 1.29 is 19.5 Å². The van der Waals surface area contributed by atoms with E-state index in [0.29, 0.717) is 29.2 Å². The zero-order valence-electron chi connectivity index (χ0n) is 27.5. The number of fused-ring (bicyclic) bond motifs is 7. The average Bonchev–Trinajstić information content (AvgIpc) is 3.38. The Bertz CT molecular complexity index is 1360. The number of hydrogen-bond acceptors (Lipinski definition) is 4. The monoisotopic (exact) mass is 587 g/mol. The predicted molar refractivity (Wildman–Crippen MR) is 170 cm³/mol. The van der Waals surface area contributed by atoms with Crippen molar-refractivity contribution in [1.82, 2.24) is 5.48 Å². The van der Waals surface area contributed by atoms with Gasteiger partial charge in [0.15, 0.2) is 0 Å². The van der Waals surface area contributed by atoms with E-state index in [1.807, 2.05) is 12.1 Å². The van der Waals surface area contributed by atoms with Crippen molar-refractivity contribution in [2.45, 2.75) is 99.3 Å². The van der Waals surface area contributed by atoms with Gasteiger partial charge >= 0.3 is 5.97 Å². The van der Waals surface area contributed by atoms with Gasteiger partial charge in [-0.25, -0.2) is 10.3 Å². The molecule has 2 N–H and O–H groups in total. The summed E-state index contributed by atoms with van der Waals surface area (Å²) in [6, 6.07) is 7.98. The molecule has 1 amide bonds. The summed E-state index contributed by atoms with van der Waals surface area (Å²) in [6.45, 7) is 19.3. The lowest BCUT2D eigenvalue weighted by Crippen LogP contribution is -2.66. The van der Waals surface area contributed by atoms with Gasteiger partial charge in [-0.2, -0.15) is 0 Å². The van der Waals surface area contributed by atoms with Gasteiger partial charge < -0.3 is 4.74 Å². The third-order valence-electron chi connectivity index (χ3n) is 14.8. The van der Waals surface area contributed by atoms with Gasteiger partial charge in [-0.05, 0) is 139 Å². The van der Waals surface area contributed by atoms with E-state index in [-0.39, 0.29) is 39.5 Å². The summed E-state index contributed by atoms with van der Waals surface area (Å²) in [5.41, 5.74) is 6.59. The van der Waals surface area contributed by atoms with Crippen LogP contribution in [0.5, 0.6) is 0 Å². The molecule has 5 nitrogen and oxygen atoms in total. The van der Waals surface area contributed by atoms with E-state index in [1.165, 1.54) is 43.1 Å². The smallest absolute Gasteiger partial charge is 0.337 e. The molecular formula is C38H53NO4. The second-order valence-corrected chi connectivity index (χ2v) is 16.4. The number of benzene rings is 1. The Hall–Kier alpha value is -2.40. The zero-order valence-corrected chi connectivity index (χ0v) is 27.5. The summed E-state index contributed by atoms with van der Waals surface area (Å²) in [5, 5.41) is 9.87. The van der Waals surface area contributed by atoms with Crippen molar-refractivity contribution in [2.75, 3.05) is 7.11 Å². The number of hydroxylamine groups is 1. The van der Waals surface area contributed by atoms with Crippen LogP contribution < -0.4 is 5.48 Å². The van der Waals surface area contributed by atoms with E-state index in [9.17, 15) is 14.8 Å². The number of methoxy groups -OCH3 is 1. The first-order chi connectivity index (χ1) is 20.2. The molecule has 234 valence electrons. The van der Waals surface area contributed by atoms with Gasteiger partial charge in [0.2, 0.25) is 5.91 Å². The standard InChI is InChI=1S/C38H53NO4/c1-23(2)26-15-20-38(33(41)39-42)22-21-36(6)28(31(26)38)13-14-30-35(5)18-16-27(24-9-11-25(12-10-24)32(40)43-8)34(3,4)29(35)17-19-37(30,36)7/h9-12,16,26,28-31,42H,1,13-15,17-22H2,2-8H3,(H,39,41)/t26-,28+,29-,30+,31+,35-,36+,37+,38+/m0/s1. The Labute approximate surface area is 258 Å². The summed E-state index contributed by atoms with van der Waals surface area (Å²) in [7, 11) is 1.43. The van der Waals surface area contributed by atoms with Crippen molar-refractivity contribution >= 4 is 17.4 Å². The molecule has 4 fully saturated rings. The number of esters is 1. The van der Waals surface area contributed by atoms with Crippen molar-refractivity contribution in [3.05, 3.63) is 53.6 Å². The highest BCUT2D eigenvalue weighted by atomic mass is 16.5. The first kappa shape index (κ1) is 30.6. The third kappa shape index (κ3) is 3.98. The van der Waals surface area contributed by atoms with E-state index in [2.05, 4.69) is 71.8 Å². The van der Waals surface area contributed by atoms with Gasteiger partial charge in [0.1, 0.15) is 0 Å². The van der Waals surface area contributed by atoms with Crippen LogP contribution in [0.15, 0.2) is 42.5 Å². The molecule has 0 radical (unpaired) electrons. The molecule has 0 saturated heterocycles. The number of hydrogen-bond donors (Lipinski definition) is 2. The van der Waals surface area contributed by atoms with E-state index in [0.717, 1.165) is 38.5 Å². The van der Waals surface area contributed by atoms with Crippen LogP contribution in [0.4, 0.5) is 0 Å². The number of ether oxygens (including phenoxy) is 1. The topological polar surface area (TPSA) is 75.6 Å². The molecule has 9 atom stereocenters. The number of nitrogens with one attached hydrogen (secondary N) is 1. The van der Waals surface area contributed by atoms with Crippen LogP contribution in [0.25, 0.3) is 5.57 Å². The lowest BCUT2D eigenvalue weighted by Gasteiger charge is -2.72. The second-order valence-electron chi connectivity index (χ2n) is 16.4. The molecule has 0 heterocycles. The fourth-order valence-electron chi connectivity index (χ4n) is 12.6. The van der Waals surface area contributed by atoms with Crippen LogP contribution in [-0.2, 0) is 9.53 Å². The van der Waals surface area contributed by atoms with Crippen LogP contribution in [0, 0.1) is 56.7 Å². The summed E-state index contributed by atoms with van der Waals surface area (Å²) >= 11 is 0. The van der Waals surface area contributed by atoms with Gasteiger partial charge in [-0.3, -0.25) is 10.0 Å². The van der Waals surface area contributed by atoms with Crippen LogP contribution in [-0.4, -0.2) is 24.2 Å². The maximum atomic E-state index is 13.4. The van der Waals surface area contributed by atoms with Crippen molar-refractivity contribution in [1.29, 1.82) is 0 Å². The molecule has 1 aromatic rings. The molecule has 6 rings (SSSR count). The van der Waals surface area contributed by atoms with Crippen molar-refractivity contribution in [3.8, 4) is 0 Å². The number of rotatable bonds is 4. The van der Waals surface area contributed by atoms with Gasteiger partial charge in [-0.15, -0.1) is 0 Å². The number of carbonyl (C=O) groups is 2. The maximum Gasteiger partial charge on any atom is 0.337 e. The molecule has 0 aliphatic heterocycles. The van der Waals surface area contributed by atoms with Gasteiger partial charge in [0.05, 0.1) is 18.1 Å². The lowest BCUT2D eigenvalue weighted by molar-refractivity contribution is -0.226. The molecule has 5 aliphatic carbocycles. The molecule has 0 aromatic heterocycles. The SMILES string of the molecule is C=C(C)[C@@H]1CC[C@@]2(C(=O)NO)CC[C@]3(C)[C@H](CC[C@@H]4[C@@]5(C)CC=C(c6ccc(C(=O)OC)cc6)C(C)(C)[C@@H]5CC[C@]43C)[C@@H]12. The minimum Gasteiger partial charge on any atom is -0.465 e. The summed E-state index contributed by atoms with van der Waals surface area (Å²) in [4.78, 5) is 25.4. The first-order valence-electron chi connectivity index (χ1n) is 16.7. The largest absolute Gasteiger partial charge is 0.465 e.